The standard InChI is InChI=1S/C11H17F3N2S/c1-3-10(15-2)9-4-5-16(8-9)6-7-17-11(12,13)14/h4-5,8,10,15H,3,6-7H2,1-2H3. The molecule has 1 N–H and O–H groups in total. The van der Waals surface area contributed by atoms with Crippen LogP contribution in [0.1, 0.15) is 24.9 Å². The maximum Gasteiger partial charge on any atom is 0.441 e. The van der Waals surface area contributed by atoms with E-state index in [-0.39, 0.29) is 23.6 Å². The van der Waals surface area contributed by atoms with E-state index in [1.807, 2.05) is 25.5 Å². The lowest BCUT2D eigenvalue weighted by molar-refractivity contribution is -0.0328. The van der Waals surface area contributed by atoms with E-state index in [0.29, 0.717) is 6.54 Å². The van der Waals surface area contributed by atoms with Crippen LogP contribution >= 0.6 is 11.8 Å². The van der Waals surface area contributed by atoms with E-state index in [4.69, 9.17) is 0 Å². The third-order valence-corrected chi connectivity index (χ3v) is 3.26. The van der Waals surface area contributed by atoms with E-state index < -0.39 is 5.51 Å². The Labute approximate surface area is 104 Å². The van der Waals surface area contributed by atoms with Gasteiger partial charge in [-0.1, -0.05) is 6.92 Å². The highest BCUT2D eigenvalue weighted by molar-refractivity contribution is 8.00. The Hall–Kier alpha value is -0.620. The summed E-state index contributed by atoms with van der Waals surface area (Å²) in [4.78, 5) is 0. The van der Waals surface area contributed by atoms with E-state index in [1.165, 1.54) is 0 Å². The third kappa shape index (κ3) is 5.04. The molecule has 0 fully saturated rings. The Bertz CT molecular complexity index is 332. The minimum Gasteiger partial charge on any atom is -0.353 e. The number of nitrogens with one attached hydrogen (secondary N) is 1. The molecule has 1 aromatic heterocycles. The molecule has 0 saturated heterocycles. The zero-order valence-electron chi connectivity index (χ0n) is 9.92. The van der Waals surface area contributed by atoms with Crippen molar-refractivity contribution >= 4 is 11.8 Å². The van der Waals surface area contributed by atoms with Crippen LogP contribution in [-0.4, -0.2) is 22.9 Å². The Balaban J connectivity index is 2.46. The molecule has 0 bridgehead atoms. The van der Waals surface area contributed by atoms with Gasteiger partial charge in [-0.05, 0) is 36.9 Å². The molecule has 0 spiro atoms. The van der Waals surface area contributed by atoms with Gasteiger partial charge in [-0.3, -0.25) is 0 Å². The zero-order valence-corrected chi connectivity index (χ0v) is 10.7. The van der Waals surface area contributed by atoms with Crippen molar-refractivity contribution in [2.75, 3.05) is 12.8 Å². The largest absolute Gasteiger partial charge is 0.441 e. The molecule has 0 aliphatic heterocycles. The molecule has 6 heteroatoms. The SMILES string of the molecule is CCC(NC)c1ccn(CCSC(F)(F)F)c1. The van der Waals surface area contributed by atoms with Crippen molar-refractivity contribution in [3.63, 3.8) is 0 Å². The first kappa shape index (κ1) is 14.4. The minimum absolute atomic E-state index is 0.0211. The molecule has 98 valence electrons. The van der Waals surface area contributed by atoms with Crippen molar-refractivity contribution in [3.8, 4) is 0 Å². The summed E-state index contributed by atoms with van der Waals surface area (Å²) in [7, 11) is 1.88. The molecular formula is C11H17F3N2S. The van der Waals surface area contributed by atoms with Crippen LogP contribution in [0.15, 0.2) is 18.5 Å². The number of hydrogen-bond acceptors (Lipinski definition) is 2. The molecule has 2 nitrogen and oxygen atoms in total. The number of halogens is 3. The summed E-state index contributed by atoms with van der Waals surface area (Å²) < 4.78 is 37.6. The molecule has 0 aliphatic rings. The average molecular weight is 266 g/mol. The first-order chi connectivity index (χ1) is 7.96. The lowest BCUT2D eigenvalue weighted by Crippen LogP contribution is -2.14. The number of rotatable bonds is 6. The molecule has 0 amide bonds. The predicted molar refractivity (Wildman–Crippen MR) is 65.0 cm³/mol. The highest BCUT2D eigenvalue weighted by Crippen LogP contribution is 2.30. The van der Waals surface area contributed by atoms with Crippen LogP contribution < -0.4 is 5.32 Å². The van der Waals surface area contributed by atoms with Gasteiger partial charge in [0.15, 0.2) is 0 Å². The molecule has 1 unspecified atom stereocenters. The maximum absolute atomic E-state index is 11.9. The summed E-state index contributed by atoms with van der Waals surface area (Å²) in [6.07, 6.45) is 4.69. The van der Waals surface area contributed by atoms with Crippen molar-refractivity contribution in [1.29, 1.82) is 0 Å². The second-order valence-corrected chi connectivity index (χ2v) is 4.89. The van der Waals surface area contributed by atoms with Gasteiger partial charge in [-0.25, -0.2) is 0 Å². The molecule has 1 atom stereocenters. The minimum atomic E-state index is -4.13. The maximum atomic E-state index is 11.9. The fraction of sp³-hybridized carbons (Fsp3) is 0.636. The van der Waals surface area contributed by atoms with Crippen molar-refractivity contribution in [3.05, 3.63) is 24.0 Å². The number of nitrogens with zero attached hydrogens (tertiary/aromatic N) is 1. The number of aromatic nitrogens is 1. The van der Waals surface area contributed by atoms with Gasteiger partial charge >= 0.3 is 5.51 Å². The summed E-state index contributed by atoms with van der Waals surface area (Å²) in [6, 6.07) is 2.22. The summed E-state index contributed by atoms with van der Waals surface area (Å²) in [5.74, 6) is 0.0496. The number of aryl methyl sites for hydroxylation is 1. The molecule has 0 aromatic carbocycles. The number of alkyl halides is 3. The Morgan fingerprint density at radius 3 is 2.71 bits per heavy atom. The quantitative estimate of drug-likeness (QED) is 0.849. The summed E-state index contributed by atoms with van der Waals surface area (Å²) in [5.41, 5.74) is -3.01. The highest BCUT2D eigenvalue weighted by Gasteiger charge is 2.27. The Morgan fingerprint density at radius 1 is 1.47 bits per heavy atom. The van der Waals surface area contributed by atoms with Crippen molar-refractivity contribution in [2.45, 2.75) is 31.4 Å². The zero-order chi connectivity index (χ0) is 12.9. The van der Waals surface area contributed by atoms with Crippen molar-refractivity contribution in [2.24, 2.45) is 0 Å². The van der Waals surface area contributed by atoms with E-state index in [0.717, 1.165) is 12.0 Å². The first-order valence-corrected chi connectivity index (χ1v) is 6.48. The monoisotopic (exact) mass is 266 g/mol. The fourth-order valence-electron chi connectivity index (χ4n) is 1.68. The molecule has 0 saturated carbocycles. The van der Waals surface area contributed by atoms with Crippen LogP contribution in [0.4, 0.5) is 13.2 Å². The van der Waals surface area contributed by atoms with Gasteiger partial charge < -0.3 is 9.88 Å². The van der Waals surface area contributed by atoms with Gasteiger partial charge in [0.1, 0.15) is 0 Å². The number of thioether (sulfide) groups is 1. The van der Waals surface area contributed by atoms with E-state index >= 15 is 0 Å². The fourth-order valence-corrected chi connectivity index (χ4v) is 2.21. The van der Waals surface area contributed by atoms with Crippen molar-refractivity contribution in [1.82, 2.24) is 9.88 Å². The van der Waals surface area contributed by atoms with Crippen LogP contribution in [0.5, 0.6) is 0 Å². The van der Waals surface area contributed by atoms with E-state index in [1.54, 1.807) is 4.57 Å². The lowest BCUT2D eigenvalue weighted by Gasteiger charge is -2.11. The topological polar surface area (TPSA) is 17.0 Å². The van der Waals surface area contributed by atoms with Gasteiger partial charge in [0.05, 0.1) is 0 Å². The average Bonchev–Trinajstić information content (AvgIpc) is 2.67. The van der Waals surface area contributed by atoms with Crippen LogP contribution in [0, 0.1) is 0 Å². The van der Waals surface area contributed by atoms with E-state index in [9.17, 15) is 13.2 Å². The van der Waals surface area contributed by atoms with Gasteiger partial charge in [0.2, 0.25) is 0 Å². The third-order valence-electron chi connectivity index (χ3n) is 2.55. The lowest BCUT2D eigenvalue weighted by atomic mass is 10.1. The molecule has 1 rings (SSSR count). The van der Waals surface area contributed by atoms with Gasteiger partial charge in [-0.2, -0.15) is 13.2 Å². The molecule has 1 aromatic rings. The van der Waals surface area contributed by atoms with E-state index in [2.05, 4.69) is 12.2 Å². The van der Waals surface area contributed by atoms with Crippen LogP contribution in [-0.2, 0) is 6.54 Å². The van der Waals surface area contributed by atoms with Gasteiger partial charge in [0, 0.05) is 30.7 Å². The molecular weight excluding hydrogens is 249 g/mol. The second kappa shape index (κ2) is 6.35. The van der Waals surface area contributed by atoms with Crippen LogP contribution in [0.25, 0.3) is 0 Å². The first-order valence-electron chi connectivity index (χ1n) is 5.50. The Kier molecular flexibility index (Phi) is 5.39. The highest BCUT2D eigenvalue weighted by atomic mass is 32.2. The normalized spacial score (nSPS) is 13.9. The summed E-state index contributed by atoms with van der Waals surface area (Å²) >= 11 is 0.0211. The molecule has 1 heterocycles. The predicted octanol–water partition coefficient (Wildman–Crippen LogP) is 3.41. The van der Waals surface area contributed by atoms with Crippen molar-refractivity contribution < 1.29 is 13.2 Å². The van der Waals surface area contributed by atoms with Crippen LogP contribution in [0.3, 0.4) is 0 Å². The molecule has 17 heavy (non-hydrogen) atoms. The van der Waals surface area contributed by atoms with Crippen LogP contribution in [0.2, 0.25) is 0 Å². The molecule has 0 radical (unpaired) electrons. The summed E-state index contributed by atoms with van der Waals surface area (Å²) in [5, 5.41) is 3.16. The molecule has 0 aliphatic carbocycles. The summed E-state index contributed by atoms with van der Waals surface area (Å²) in [6.45, 7) is 2.45. The second-order valence-electron chi connectivity index (χ2n) is 3.73. The smallest absolute Gasteiger partial charge is 0.353 e. The van der Waals surface area contributed by atoms with Gasteiger partial charge in [0.25, 0.3) is 0 Å². The number of hydrogen-bond donors (Lipinski definition) is 1. The Morgan fingerprint density at radius 2 is 2.18 bits per heavy atom. The van der Waals surface area contributed by atoms with Gasteiger partial charge in [-0.15, -0.1) is 0 Å².